The molecule has 8 nitrogen and oxygen atoms in total. The maximum atomic E-state index is 12.8. The fourth-order valence-corrected chi connectivity index (χ4v) is 3.42. The van der Waals surface area contributed by atoms with E-state index < -0.39 is 0 Å². The number of carbonyl (C=O) groups is 2. The summed E-state index contributed by atoms with van der Waals surface area (Å²) >= 11 is 0. The van der Waals surface area contributed by atoms with Crippen molar-refractivity contribution in [2.24, 2.45) is 13.0 Å². The number of benzene rings is 1. The summed E-state index contributed by atoms with van der Waals surface area (Å²) in [7, 11) is 1.83. The number of aliphatic hydroxyl groups is 1. The van der Waals surface area contributed by atoms with E-state index in [2.05, 4.69) is 15.7 Å². The molecule has 0 bridgehead atoms. The molecule has 1 saturated carbocycles. The van der Waals surface area contributed by atoms with Gasteiger partial charge in [0.2, 0.25) is 0 Å². The summed E-state index contributed by atoms with van der Waals surface area (Å²) in [5, 5.41) is 19.6. The molecule has 2 amide bonds. The Labute approximate surface area is 150 Å². The maximum Gasteiger partial charge on any atom is 0.262 e. The number of ether oxygens (including phenoxy) is 1. The number of nitrogens with one attached hydrogen (secondary N) is 2. The van der Waals surface area contributed by atoms with E-state index in [9.17, 15) is 14.7 Å². The van der Waals surface area contributed by atoms with Gasteiger partial charge in [0.15, 0.2) is 6.61 Å². The zero-order valence-electron chi connectivity index (χ0n) is 14.3. The summed E-state index contributed by atoms with van der Waals surface area (Å²) in [5.74, 6) is 0.207. The Morgan fingerprint density at radius 3 is 2.96 bits per heavy atom. The van der Waals surface area contributed by atoms with E-state index >= 15 is 0 Å². The van der Waals surface area contributed by atoms with E-state index in [-0.39, 0.29) is 36.5 Å². The average molecular weight is 356 g/mol. The fourth-order valence-electron chi connectivity index (χ4n) is 3.42. The van der Waals surface area contributed by atoms with E-state index in [4.69, 9.17) is 4.74 Å². The molecule has 1 fully saturated rings. The molecule has 0 radical (unpaired) electrons. The molecule has 2 aromatic rings. The number of amides is 2. The average Bonchev–Trinajstić information content (AvgIpc) is 3.02. The first kappa shape index (κ1) is 16.6. The number of aromatic nitrogens is 2. The zero-order chi connectivity index (χ0) is 18.3. The third-order valence-corrected chi connectivity index (χ3v) is 4.87. The molecule has 0 saturated heterocycles. The summed E-state index contributed by atoms with van der Waals surface area (Å²) in [6, 6.07) is 4.73. The van der Waals surface area contributed by atoms with Gasteiger partial charge in [-0.15, -0.1) is 0 Å². The molecule has 4 rings (SSSR count). The molecule has 2 aliphatic rings. The predicted octanol–water partition coefficient (Wildman–Crippen LogP) is 0.993. The molecular weight excluding hydrogens is 336 g/mol. The molecule has 1 aliphatic heterocycles. The first-order valence-corrected chi connectivity index (χ1v) is 8.54. The Kier molecular flexibility index (Phi) is 4.12. The van der Waals surface area contributed by atoms with Crippen molar-refractivity contribution in [3.63, 3.8) is 0 Å². The molecule has 1 atom stereocenters. The summed E-state index contributed by atoms with van der Waals surface area (Å²) in [6.45, 7) is -0.0592. The highest BCUT2D eigenvalue weighted by molar-refractivity contribution is 5.99. The molecule has 1 aromatic carbocycles. The van der Waals surface area contributed by atoms with Gasteiger partial charge in [0, 0.05) is 24.4 Å². The van der Waals surface area contributed by atoms with Gasteiger partial charge in [-0.25, -0.2) is 0 Å². The van der Waals surface area contributed by atoms with Crippen molar-refractivity contribution in [2.75, 3.05) is 11.9 Å². The second kappa shape index (κ2) is 6.45. The van der Waals surface area contributed by atoms with Crippen LogP contribution in [-0.2, 0) is 11.8 Å². The highest BCUT2D eigenvalue weighted by Crippen LogP contribution is 2.38. The van der Waals surface area contributed by atoms with E-state index in [0.717, 1.165) is 5.56 Å². The van der Waals surface area contributed by atoms with E-state index in [1.54, 1.807) is 29.1 Å². The fraction of sp³-hybridized carbons (Fsp3) is 0.389. The van der Waals surface area contributed by atoms with Crippen molar-refractivity contribution in [1.29, 1.82) is 0 Å². The normalized spacial score (nSPS) is 22.5. The Bertz CT molecular complexity index is 857. The number of nitrogens with zero attached hydrogens (tertiary/aromatic N) is 2. The van der Waals surface area contributed by atoms with E-state index in [1.165, 1.54) is 0 Å². The second-order valence-corrected chi connectivity index (χ2v) is 6.83. The molecule has 3 N–H and O–H groups in total. The molecule has 1 aromatic heterocycles. The predicted molar refractivity (Wildman–Crippen MR) is 92.7 cm³/mol. The van der Waals surface area contributed by atoms with Gasteiger partial charge >= 0.3 is 0 Å². The lowest BCUT2D eigenvalue weighted by Crippen LogP contribution is -2.41. The minimum Gasteiger partial charge on any atom is -0.482 e. The Balaban J connectivity index is 1.54. The molecule has 1 aliphatic carbocycles. The lowest BCUT2D eigenvalue weighted by molar-refractivity contribution is -0.118. The van der Waals surface area contributed by atoms with Crippen LogP contribution < -0.4 is 15.4 Å². The van der Waals surface area contributed by atoms with Gasteiger partial charge in [0.1, 0.15) is 5.75 Å². The number of fused-ring (bicyclic) bond motifs is 1. The summed E-state index contributed by atoms with van der Waals surface area (Å²) in [5.41, 5.74) is 1.93. The first-order valence-electron chi connectivity index (χ1n) is 8.54. The van der Waals surface area contributed by atoms with Gasteiger partial charge in [-0.05, 0) is 37.0 Å². The zero-order valence-corrected chi connectivity index (χ0v) is 14.3. The summed E-state index contributed by atoms with van der Waals surface area (Å²) in [6.07, 6.45) is 4.61. The van der Waals surface area contributed by atoms with Gasteiger partial charge in [-0.2, -0.15) is 5.10 Å². The number of hydrogen-bond acceptors (Lipinski definition) is 5. The summed E-state index contributed by atoms with van der Waals surface area (Å²) in [4.78, 5) is 24.1. The summed E-state index contributed by atoms with van der Waals surface area (Å²) < 4.78 is 7.07. The van der Waals surface area contributed by atoms with Crippen LogP contribution in [0.15, 0.2) is 30.6 Å². The monoisotopic (exact) mass is 356 g/mol. The van der Waals surface area contributed by atoms with Crippen molar-refractivity contribution in [1.82, 2.24) is 15.1 Å². The minimum atomic E-state index is -0.308. The molecule has 2 heterocycles. The van der Waals surface area contributed by atoms with Crippen LogP contribution in [0.25, 0.3) is 0 Å². The number of carbonyl (C=O) groups excluding carboxylic acids is 2. The van der Waals surface area contributed by atoms with Crippen molar-refractivity contribution < 1.29 is 19.4 Å². The van der Waals surface area contributed by atoms with Crippen LogP contribution in [-0.4, -0.2) is 39.4 Å². The lowest BCUT2D eigenvalue weighted by Gasteiger charge is -2.37. The Morgan fingerprint density at radius 2 is 2.27 bits per heavy atom. The van der Waals surface area contributed by atoms with Crippen LogP contribution in [0.1, 0.15) is 34.8 Å². The molecule has 0 spiro atoms. The Hall–Kier alpha value is -2.87. The first-order chi connectivity index (χ1) is 12.5. The molecule has 136 valence electrons. The smallest absolute Gasteiger partial charge is 0.262 e. The quantitative estimate of drug-likeness (QED) is 0.758. The maximum absolute atomic E-state index is 12.8. The van der Waals surface area contributed by atoms with Crippen molar-refractivity contribution in [3.05, 3.63) is 41.7 Å². The third kappa shape index (κ3) is 3.15. The van der Waals surface area contributed by atoms with Gasteiger partial charge in [-0.3, -0.25) is 14.3 Å². The van der Waals surface area contributed by atoms with Crippen LogP contribution in [0.5, 0.6) is 5.75 Å². The number of aliphatic hydroxyl groups excluding tert-OH is 1. The van der Waals surface area contributed by atoms with Gasteiger partial charge < -0.3 is 20.5 Å². The minimum absolute atomic E-state index is 0.0592. The molecule has 8 heteroatoms. The third-order valence-electron chi connectivity index (χ3n) is 4.87. The second-order valence-electron chi connectivity index (χ2n) is 6.83. The van der Waals surface area contributed by atoms with Gasteiger partial charge in [-0.1, -0.05) is 0 Å². The van der Waals surface area contributed by atoms with Crippen LogP contribution in [0.2, 0.25) is 0 Å². The highest BCUT2D eigenvalue weighted by atomic mass is 16.5. The van der Waals surface area contributed by atoms with Gasteiger partial charge in [0.05, 0.1) is 24.0 Å². The van der Waals surface area contributed by atoms with E-state index in [1.807, 2.05) is 13.2 Å². The van der Waals surface area contributed by atoms with Gasteiger partial charge in [0.25, 0.3) is 11.8 Å². The van der Waals surface area contributed by atoms with Crippen molar-refractivity contribution >= 4 is 17.5 Å². The van der Waals surface area contributed by atoms with Crippen molar-refractivity contribution in [3.8, 4) is 5.75 Å². The number of anilines is 1. The van der Waals surface area contributed by atoms with Crippen molar-refractivity contribution in [2.45, 2.75) is 25.0 Å². The Morgan fingerprint density at radius 1 is 1.46 bits per heavy atom. The molecule has 26 heavy (non-hydrogen) atoms. The topological polar surface area (TPSA) is 105 Å². The number of rotatable bonds is 4. The highest BCUT2D eigenvalue weighted by Gasteiger charge is 2.36. The largest absolute Gasteiger partial charge is 0.482 e. The standard InChI is InChI=1S/C18H20N4O4/c1-22-8-12(7-19-22)17(11-4-13(23)5-11)21-18(25)10-2-3-14-15(6-10)26-9-16(24)20-14/h2-3,6-8,11,13,17,23H,4-5,9H2,1H3,(H,20,24)(H,21,25). The van der Waals surface area contributed by atoms with Crippen LogP contribution in [0.4, 0.5) is 5.69 Å². The number of hydrogen-bond donors (Lipinski definition) is 3. The number of aryl methyl sites for hydroxylation is 1. The van der Waals surface area contributed by atoms with Crippen LogP contribution in [0, 0.1) is 5.92 Å². The van der Waals surface area contributed by atoms with Crippen LogP contribution >= 0.6 is 0 Å². The molecular formula is C18H20N4O4. The molecule has 1 unspecified atom stereocenters. The van der Waals surface area contributed by atoms with Crippen LogP contribution in [0.3, 0.4) is 0 Å². The van der Waals surface area contributed by atoms with E-state index in [0.29, 0.717) is 29.8 Å². The SMILES string of the molecule is Cn1cc(C(NC(=O)c2ccc3c(c2)OCC(=O)N3)C2CC(O)C2)cn1. The lowest BCUT2D eigenvalue weighted by atomic mass is 9.75.